The first-order chi connectivity index (χ1) is 11.1. The Hall–Kier alpha value is -1.84. The number of aryl methyl sites for hydroxylation is 2. The first-order valence-corrected chi connectivity index (χ1v) is 7.97. The van der Waals surface area contributed by atoms with Gasteiger partial charge < -0.3 is 13.7 Å². The third-order valence-corrected chi connectivity index (χ3v) is 4.04. The van der Waals surface area contributed by atoms with Crippen molar-refractivity contribution < 1.29 is 18.5 Å². The fraction of sp³-hybridized carbons (Fsp3) is 0.235. The van der Waals surface area contributed by atoms with Gasteiger partial charge in [0.1, 0.15) is 11.5 Å². The Labute approximate surface area is 139 Å². The Morgan fingerprint density at radius 3 is 2.17 bits per heavy atom. The van der Waals surface area contributed by atoms with Crippen LogP contribution in [0.3, 0.4) is 0 Å². The third kappa shape index (κ3) is 4.34. The zero-order valence-electron chi connectivity index (χ0n) is 13.3. The van der Waals surface area contributed by atoms with E-state index in [0.717, 1.165) is 22.3 Å². The molecule has 2 rings (SSSR count). The van der Waals surface area contributed by atoms with Crippen molar-refractivity contribution in [3.8, 4) is 11.5 Å². The Morgan fingerprint density at radius 1 is 1.04 bits per heavy atom. The van der Waals surface area contributed by atoms with E-state index in [1.807, 2.05) is 51.1 Å². The van der Waals surface area contributed by atoms with Crippen LogP contribution in [0.15, 0.2) is 36.4 Å². The number of rotatable bonds is 7. The monoisotopic (exact) mass is 328 g/mol. The van der Waals surface area contributed by atoms with Crippen LogP contribution in [0.25, 0.3) is 0 Å². The van der Waals surface area contributed by atoms with Crippen molar-refractivity contribution in [2.24, 2.45) is 0 Å². The maximum Gasteiger partial charge on any atom is 0.298 e. The number of hydrogen-bond donors (Lipinski definition) is 0. The quantitative estimate of drug-likeness (QED) is 0.438. The van der Waals surface area contributed by atoms with Gasteiger partial charge in [-0.3, -0.25) is 4.79 Å². The lowest BCUT2D eigenvalue weighted by Crippen LogP contribution is -2.03. The van der Waals surface area contributed by atoms with E-state index in [-0.39, 0.29) is 15.0 Å². The second kappa shape index (κ2) is 8.14. The molecule has 2 atom stereocenters. The van der Waals surface area contributed by atoms with E-state index >= 15 is 0 Å². The second-order valence-corrected chi connectivity index (χ2v) is 5.93. The van der Waals surface area contributed by atoms with Gasteiger partial charge in [-0.25, -0.2) is 0 Å². The van der Waals surface area contributed by atoms with Crippen molar-refractivity contribution in [1.29, 1.82) is 0 Å². The van der Waals surface area contributed by atoms with Crippen LogP contribution in [0.1, 0.15) is 35.1 Å². The van der Waals surface area contributed by atoms with Crippen molar-refractivity contribution in [1.82, 2.24) is 0 Å². The molecule has 2 unspecified atom stereocenters. The van der Waals surface area contributed by atoms with E-state index < -0.39 is 0 Å². The fourth-order valence-electron chi connectivity index (χ4n) is 2.50. The van der Waals surface area contributed by atoms with E-state index in [1.54, 1.807) is 6.07 Å². The summed E-state index contributed by atoms with van der Waals surface area (Å²) in [5, 5.41) is 0. The molecule has 118 valence electrons. The second-order valence-electron chi connectivity index (χ2n) is 5.32. The van der Waals surface area contributed by atoms with Crippen molar-refractivity contribution in [2.75, 3.05) is 0 Å². The van der Waals surface area contributed by atoms with Gasteiger partial charge in [-0.05, 0) is 26.0 Å². The summed E-state index contributed by atoms with van der Waals surface area (Å²) in [7, 11) is 4.78. The van der Waals surface area contributed by atoms with Gasteiger partial charge in [-0.2, -0.15) is 0 Å². The van der Waals surface area contributed by atoms with Gasteiger partial charge in [-0.15, -0.1) is 0 Å². The Kier molecular flexibility index (Phi) is 6.20. The highest BCUT2D eigenvalue weighted by Crippen LogP contribution is 2.38. The fourth-order valence-corrected chi connectivity index (χ4v) is 2.82. The molecule has 0 spiro atoms. The maximum atomic E-state index is 10.8. The summed E-state index contributed by atoms with van der Waals surface area (Å²) in [6.45, 7) is 6.50. The standard InChI is InChI=1S/C17H18BO4P/c1-11-4-6-16(20-10-19)14(8-11)13(3)15-9-12(2)5-7-17(15)21-23-22-18/h4-10,13,23H,1-3H3. The molecule has 2 aromatic carbocycles. The van der Waals surface area contributed by atoms with E-state index in [9.17, 15) is 4.79 Å². The predicted molar refractivity (Wildman–Crippen MR) is 92.3 cm³/mol. The van der Waals surface area contributed by atoms with Crippen molar-refractivity contribution >= 4 is 23.6 Å². The van der Waals surface area contributed by atoms with Crippen LogP contribution in [-0.2, 0) is 9.24 Å². The smallest absolute Gasteiger partial charge is 0.298 e. The molecule has 0 aromatic heterocycles. The summed E-state index contributed by atoms with van der Waals surface area (Å²) in [5.74, 6) is 1.22. The molecule has 0 N–H and O–H groups in total. The van der Waals surface area contributed by atoms with Crippen LogP contribution >= 0.6 is 9.03 Å². The summed E-state index contributed by atoms with van der Waals surface area (Å²) >= 11 is 0. The number of benzene rings is 2. The molecular weight excluding hydrogens is 310 g/mol. The van der Waals surface area contributed by atoms with Gasteiger partial charge in [0, 0.05) is 17.0 Å². The largest absolute Gasteiger partial charge is 0.451 e. The highest BCUT2D eigenvalue weighted by atomic mass is 31.1. The SMILES string of the molecule is [B]OPOc1ccc(C)cc1C(C)c1cc(C)ccc1OC=O. The minimum absolute atomic E-state index is 0.0256. The van der Waals surface area contributed by atoms with Crippen LogP contribution in [0.4, 0.5) is 0 Å². The molecule has 23 heavy (non-hydrogen) atoms. The highest BCUT2D eigenvalue weighted by molar-refractivity contribution is 7.27. The molecule has 0 bridgehead atoms. The molecule has 0 amide bonds. The van der Waals surface area contributed by atoms with Crippen LogP contribution in [0.2, 0.25) is 0 Å². The van der Waals surface area contributed by atoms with E-state index in [1.165, 1.54) is 0 Å². The molecular formula is C17H18BO4P. The lowest BCUT2D eigenvalue weighted by Gasteiger charge is -2.20. The molecule has 2 aromatic rings. The Morgan fingerprint density at radius 2 is 1.61 bits per heavy atom. The van der Waals surface area contributed by atoms with Crippen LogP contribution in [0.5, 0.6) is 11.5 Å². The lowest BCUT2D eigenvalue weighted by molar-refractivity contribution is -0.120. The van der Waals surface area contributed by atoms with E-state index in [4.69, 9.17) is 17.3 Å². The molecule has 4 nitrogen and oxygen atoms in total. The van der Waals surface area contributed by atoms with Crippen LogP contribution in [0, 0.1) is 13.8 Å². The van der Waals surface area contributed by atoms with Gasteiger partial charge in [0.2, 0.25) is 0 Å². The van der Waals surface area contributed by atoms with Gasteiger partial charge in [-0.1, -0.05) is 42.3 Å². The number of carbonyl (C=O) groups excluding carboxylic acids is 1. The first-order valence-electron chi connectivity index (χ1n) is 7.15. The van der Waals surface area contributed by atoms with Gasteiger partial charge in [0.25, 0.3) is 14.5 Å². The first kappa shape index (κ1) is 17.5. The number of hydrogen-bond acceptors (Lipinski definition) is 4. The minimum atomic E-state index is -0.279. The normalized spacial score (nSPS) is 12.3. The molecule has 0 fully saturated rings. The lowest BCUT2D eigenvalue weighted by atomic mass is 9.90. The summed E-state index contributed by atoms with van der Waals surface area (Å²) in [6.07, 6.45) is 0. The summed E-state index contributed by atoms with van der Waals surface area (Å²) in [5.41, 5.74) is 4.11. The van der Waals surface area contributed by atoms with Gasteiger partial charge in [0.15, 0.2) is 9.03 Å². The number of carbonyl (C=O) groups is 1. The molecule has 2 radical (unpaired) electrons. The van der Waals surface area contributed by atoms with Crippen molar-refractivity contribution in [3.63, 3.8) is 0 Å². The molecule has 0 aliphatic carbocycles. The maximum absolute atomic E-state index is 10.8. The third-order valence-electron chi connectivity index (χ3n) is 3.64. The van der Waals surface area contributed by atoms with Crippen LogP contribution < -0.4 is 9.26 Å². The molecule has 6 heteroatoms. The van der Waals surface area contributed by atoms with Crippen molar-refractivity contribution in [3.05, 3.63) is 58.7 Å². The Balaban J connectivity index is 2.47. The topological polar surface area (TPSA) is 44.8 Å². The van der Waals surface area contributed by atoms with E-state index in [2.05, 4.69) is 4.44 Å². The minimum Gasteiger partial charge on any atom is -0.451 e. The number of ether oxygens (including phenoxy) is 1. The van der Waals surface area contributed by atoms with Crippen LogP contribution in [-0.4, -0.2) is 14.5 Å². The van der Waals surface area contributed by atoms with Gasteiger partial charge in [0.05, 0.1) is 0 Å². The molecule has 0 aliphatic rings. The molecule has 0 saturated heterocycles. The van der Waals surface area contributed by atoms with E-state index in [0.29, 0.717) is 18.0 Å². The molecule has 0 aliphatic heterocycles. The van der Waals surface area contributed by atoms with Crippen molar-refractivity contribution in [2.45, 2.75) is 26.7 Å². The van der Waals surface area contributed by atoms with Gasteiger partial charge >= 0.3 is 0 Å². The zero-order chi connectivity index (χ0) is 16.8. The molecule has 0 saturated carbocycles. The highest BCUT2D eigenvalue weighted by Gasteiger charge is 2.18. The Bertz CT molecular complexity index is 690. The average Bonchev–Trinajstić information content (AvgIpc) is 2.55. The zero-order valence-corrected chi connectivity index (χ0v) is 14.3. The summed E-state index contributed by atoms with van der Waals surface area (Å²) < 4.78 is 15.2. The summed E-state index contributed by atoms with van der Waals surface area (Å²) in [6, 6.07) is 11.6. The predicted octanol–water partition coefficient (Wildman–Crippen LogP) is 3.98. The average molecular weight is 328 g/mol. The summed E-state index contributed by atoms with van der Waals surface area (Å²) in [4.78, 5) is 10.8. The molecule has 0 heterocycles.